The summed E-state index contributed by atoms with van der Waals surface area (Å²) in [5, 5.41) is 4.15. The van der Waals surface area contributed by atoms with Gasteiger partial charge in [0.05, 0.1) is 25.2 Å². The van der Waals surface area contributed by atoms with Gasteiger partial charge in [0.25, 0.3) is 0 Å². The lowest BCUT2D eigenvalue weighted by molar-refractivity contribution is 0.0347. The number of rotatable bonds is 5. The number of nitrogens with zero attached hydrogens (tertiary/aromatic N) is 5. The van der Waals surface area contributed by atoms with Crippen molar-refractivity contribution < 1.29 is 4.74 Å². The van der Waals surface area contributed by atoms with Crippen molar-refractivity contribution in [1.29, 1.82) is 0 Å². The molecule has 0 unspecified atom stereocenters. The molecule has 5 rings (SSSR count). The minimum absolute atomic E-state index is 0.630. The van der Waals surface area contributed by atoms with Gasteiger partial charge in [0, 0.05) is 30.1 Å². The first-order valence-electron chi connectivity index (χ1n) is 9.13. The van der Waals surface area contributed by atoms with Crippen LogP contribution in [0.15, 0.2) is 43.0 Å². The van der Waals surface area contributed by atoms with E-state index in [9.17, 15) is 0 Å². The summed E-state index contributed by atoms with van der Waals surface area (Å²) >= 11 is 1.65. The zero-order valence-electron chi connectivity index (χ0n) is 15.1. The molecule has 0 saturated carbocycles. The van der Waals surface area contributed by atoms with Gasteiger partial charge in [-0.1, -0.05) is 41.7 Å². The van der Waals surface area contributed by atoms with Crippen LogP contribution in [0.2, 0.25) is 0 Å². The summed E-state index contributed by atoms with van der Waals surface area (Å²) in [6.45, 7) is 4.30. The first-order chi connectivity index (χ1) is 13.9. The number of nitrogens with one attached hydrogen (secondary N) is 2. The first kappa shape index (κ1) is 17.2. The molecule has 1 fully saturated rings. The van der Waals surface area contributed by atoms with E-state index in [0.29, 0.717) is 11.5 Å². The molecule has 1 aliphatic rings. The van der Waals surface area contributed by atoms with Crippen LogP contribution < -0.4 is 5.32 Å². The van der Waals surface area contributed by atoms with Crippen LogP contribution in [0, 0.1) is 0 Å². The van der Waals surface area contributed by atoms with Crippen molar-refractivity contribution in [3.05, 3.63) is 47.9 Å². The van der Waals surface area contributed by atoms with Gasteiger partial charge < -0.3 is 15.0 Å². The Kier molecular flexibility index (Phi) is 4.69. The SMILES string of the molecule is c1ccc(-c2nc(Nc3ncnc4nc[nH]c34)sc2CN2CCOCC2)cc1. The molecule has 0 radical (unpaired) electrons. The van der Waals surface area contributed by atoms with E-state index < -0.39 is 0 Å². The lowest BCUT2D eigenvalue weighted by Crippen LogP contribution is -2.35. The lowest BCUT2D eigenvalue weighted by Gasteiger charge is -2.26. The number of morpholine rings is 1. The van der Waals surface area contributed by atoms with Crippen LogP contribution in [0.1, 0.15) is 4.88 Å². The van der Waals surface area contributed by atoms with Crippen LogP contribution >= 0.6 is 11.3 Å². The minimum atomic E-state index is 0.630. The number of aromatic amines is 1. The zero-order valence-corrected chi connectivity index (χ0v) is 15.9. The van der Waals surface area contributed by atoms with Gasteiger partial charge in [0.15, 0.2) is 16.6 Å². The molecule has 3 aromatic heterocycles. The van der Waals surface area contributed by atoms with Gasteiger partial charge >= 0.3 is 0 Å². The number of hydrogen-bond donors (Lipinski definition) is 2. The highest BCUT2D eigenvalue weighted by Crippen LogP contribution is 2.34. The third kappa shape index (κ3) is 3.47. The van der Waals surface area contributed by atoms with E-state index in [1.807, 2.05) is 18.2 Å². The number of thiazole rings is 1. The third-order valence-corrected chi connectivity index (χ3v) is 5.62. The Balaban J connectivity index is 1.49. The van der Waals surface area contributed by atoms with Crippen LogP contribution in [0.5, 0.6) is 0 Å². The Morgan fingerprint density at radius 3 is 2.82 bits per heavy atom. The molecular formula is C19H19N7OS. The van der Waals surface area contributed by atoms with Crippen LogP contribution in [0.3, 0.4) is 0 Å². The van der Waals surface area contributed by atoms with E-state index in [-0.39, 0.29) is 0 Å². The van der Waals surface area contributed by atoms with Crippen molar-refractivity contribution in [2.75, 3.05) is 31.6 Å². The van der Waals surface area contributed by atoms with E-state index in [1.54, 1.807) is 17.7 Å². The van der Waals surface area contributed by atoms with Crippen LogP contribution in [0.4, 0.5) is 10.9 Å². The molecule has 0 aliphatic carbocycles. The summed E-state index contributed by atoms with van der Waals surface area (Å²) < 4.78 is 5.48. The predicted octanol–water partition coefficient (Wildman–Crippen LogP) is 3.05. The maximum Gasteiger partial charge on any atom is 0.189 e. The molecule has 1 aliphatic heterocycles. The van der Waals surface area contributed by atoms with E-state index in [0.717, 1.165) is 54.8 Å². The maximum absolute atomic E-state index is 5.48. The van der Waals surface area contributed by atoms with Crippen molar-refractivity contribution >= 4 is 33.5 Å². The summed E-state index contributed by atoms with van der Waals surface area (Å²) in [4.78, 5) is 24.3. The van der Waals surface area contributed by atoms with E-state index >= 15 is 0 Å². The lowest BCUT2D eigenvalue weighted by atomic mass is 10.1. The molecule has 0 spiro atoms. The van der Waals surface area contributed by atoms with Gasteiger partial charge in [-0.25, -0.2) is 19.9 Å². The van der Waals surface area contributed by atoms with E-state index in [1.165, 1.54) is 11.2 Å². The monoisotopic (exact) mass is 393 g/mol. The number of anilines is 2. The fraction of sp³-hybridized carbons (Fsp3) is 0.263. The highest BCUT2D eigenvalue weighted by atomic mass is 32.1. The van der Waals surface area contributed by atoms with Crippen molar-refractivity contribution in [1.82, 2.24) is 29.8 Å². The summed E-state index contributed by atoms with van der Waals surface area (Å²) in [6.07, 6.45) is 3.12. The average Bonchev–Trinajstić information content (AvgIpc) is 3.37. The van der Waals surface area contributed by atoms with Gasteiger partial charge in [-0.2, -0.15) is 0 Å². The summed E-state index contributed by atoms with van der Waals surface area (Å²) in [6, 6.07) is 10.3. The van der Waals surface area contributed by atoms with Crippen molar-refractivity contribution in [2.45, 2.75) is 6.54 Å². The minimum Gasteiger partial charge on any atom is -0.379 e. The number of fused-ring (bicyclic) bond motifs is 1. The van der Waals surface area contributed by atoms with Gasteiger partial charge in [0.2, 0.25) is 0 Å². The largest absolute Gasteiger partial charge is 0.379 e. The summed E-state index contributed by atoms with van der Waals surface area (Å²) in [5.41, 5.74) is 3.53. The van der Waals surface area contributed by atoms with Crippen LogP contribution in [-0.4, -0.2) is 56.1 Å². The third-order valence-electron chi connectivity index (χ3n) is 4.66. The molecule has 4 heterocycles. The van der Waals surface area contributed by atoms with Crippen LogP contribution in [-0.2, 0) is 11.3 Å². The Morgan fingerprint density at radius 2 is 1.96 bits per heavy atom. The Morgan fingerprint density at radius 1 is 1.11 bits per heavy atom. The Labute approximate surface area is 165 Å². The smallest absolute Gasteiger partial charge is 0.189 e. The number of H-pyrrole nitrogens is 1. The molecule has 1 aromatic carbocycles. The highest BCUT2D eigenvalue weighted by molar-refractivity contribution is 7.16. The van der Waals surface area contributed by atoms with E-state index in [2.05, 4.69) is 42.3 Å². The van der Waals surface area contributed by atoms with Gasteiger partial charge in [-0.3, -0.25) is 4.90 Å². The number of aromatic nitrogens is 5. The molecule has 8 nitrogen and oxygen atoms in total. The Bertz CT molecular complexity index is 1070. The quantitative estimate of drug-likeness (QED) is 0.538. The fourth-order valence-electron chi connectivity index (χ4n) is 3.26. The number of hydrogen-bond acceptors (Lipinski definition) is 8. The zero-order chi connectivity index (χ0) is 18.8. The molecule has 28 heavy (non-hydrogen) atoms. The predicted molar refractivity (Wildman–Crippen MR) is 109 cm³/mol. The second-order valence-electron chi connectivity index (χ2n) is 6.49. The van der Waals surface area contributed by atoms with Gasteiger partial charge in [-0.05, 0) is 0 Å². The van der Waals surface area contributed by atoms with Crippen LogP contribution in [0.25, 0.3) is 22.4 Å². The number of ether oxygens (including phenoxy) is 1. The van der Waals surface area contributed by atoms with Gasteiger partial charge in [0.1, 0.15) is 11.8 Å². The molecule has 0 amide bonds. The van der Waals surface area contributed by atoms with Gasteiger partial charge in [-0.15, -0.1) is 0 Å². The molecule has 4 aromatic rings. The van der Waals surface area contributed by atoms with E-state index in [4.69, 9.17) is 9.72 Å². The van der Waals surface area contributed by atoms with Crippen molar-refractivity contribution in [3.63, 3.8) is 0 Å². The first-order valence-corrected chi connectivity index (χ1v) is 9.95. The molecule has 9 heteroatoms. The normalized spacial score (nSPS) is 15.1. The molecule has 1 saturated heterocycles. The second kappa shape index (κ2) is 7.63. The number of benzene rings is 1. The topological polar surface area (TPSA) is 91.8 Å². The van der Waals surface area contributed by atoms with Crippen molar-refractivity contribution in [2.24, 2.45) is 0 Å². The molecule has 2 N–H and O–H groups in total. The number of imidazole rings is 1. The molecule has 142 valence electrons. The molecule has 0 bridgehead atoms. The highest BCUT2D eigenvalue weighted by Gasteiger charge is 2.19. The second-order valence-corrected chi connectivity index (χ2v) is 7.58. The maximum atomic E-state index is 5.48. The molecular weight excluding hydrogens is 374 g/mol. The Hall–Kier alpha value is -2.88. The van der Waals surface area contributed by atoms with Crippen molar-refractivity contribution in [3.8, 4) is 11.3 Å². The summed E-state index contributed by atoms with van der Waals surface area (Å²) in [5.74, 6) is 0.675. The molecule has 0 atom stereocenters. The average molecular weight is 393 g/mol. The fourth-order valence-corrected chi connectivity index (χ4v) is 4.28. The summed E-state index contributed by atoms with van der Waals surface area (Å²) in [7, 11) is 0. The standard InChI is InChI=1S/C19H19N7OS/c1-2-4-13(5-3-1)15-14(10-26-6-8-27-9-7-26)28-19(24-15)25-18-16-17(21-11-20-16)22-12-23-18/h1-5,11-12H,6-10H2,(H2,20,21,22,23,24,25).